The summed E-state index contributed by atoms with van der Waals surface area (Å²) in [6, 6.07) is 15.2. The van der Waals surface area contributed by atoms with Gasteiger partial charge in [0.15, 0.2) is 0 Å². The molecule has 2 aliphatic rings. The molecule has 1 atom stereocenters. The van der Waals surface area contributed by atoms with Crippen molar-refractivity contribution >= 4 is 11.5 Å². The first-order valence-corrected chi connectivity index (χ1v) is 14.0. The van der Waals surface area contributed by atoms with Gasteiger partial charge in [-0.25, -0.2) is 4.79 Å². The van der Waals surface area contributed by atoms with Gasteiger partial charge in [-0.1, -0.05) is 12.1 Å². The van der Waals surface area contributed by atoms with Crippen LogP contribution in [0.15, 0.2) is 64.4 Å². The largest absolute Gasteiger partial charge is 0.371 e. The molecule has 2 fully saturated rings. The first-order chi connectivity index (χ1) is 19.0. The van der Waals surface area contributed by atoms with Crippen molar-refractivity contribution in [1.82, 2.24) is 14.1 Å². The van der Waals surface area contributed by atoms with E-state index in [9.17, 15) is 14.9 Å². The van der Waals surface area contributed by atoms with Crippen LogP contribution in [-0.2, 0) is 13.1 Å². The third-order valence-corrected chi connectivity index (χ3v) is 8.07. The van der Waals surface area contributed by atoms with Gasteiger partial charge in [-0.15, -0.1) is 0 Å². The van der Waals surface area contributed by atoms with Crippen molar-refractivity contribution in [3.63, 3.8) is 0 Å². The molecule has 0 spiro atoms. The van der Waals surface area contributed by atoms with Crippen molar-refractivity contribution in [2.45, 2.75) is 57.7 Å². The Morgan fingerprint density at radius 3 is 2.51 bits per heavy atom. The van der Waals surface area contributed by atoms with Crippen LogP contribution in [0, 0.1) is 17.2 Å². The molecule has 39 heavy (non-hydrogen) atoms. The highest BCUT2D eigenvalue weighted by Gasteiger charge is 2.23. The Kier molecular flexibility index (Phi) is 8.42. The smallest absolute Gasteiger partial charge is 0.332 e. The van der Waals surface area contributed by atoms with Crippen molar-refractivity contribution in [3.8, 4) is 6.07 Å². The van der Waals surface area contributed by atoms with E-state index in [2.05, 4.69) is 33.0 Å². The van der Waals surface area contributed by atoms with Gasteiger partial charge in [-0.05, 0) is 74.3 Å². The maximum absolute atomic E-state index is 13.8. The molecule has 0 amide bonds. The molecule has 3 aromatic rings. The first kappa shape index (κ1) is 26.7. The molecule has 9 heteroatoms. The Balaban J connectivity index is 1.31. The van der Waals surface area contributed by atoms with Gasteiger partial charge in [0.05, 0.1) is 18.2 Å². The molecule has 0 radical (unpaired) electrons. The number of pyridine rings is 1. The lowest BCUT2D eigenvalue weighted by Gasteiger charge is -2.34. The molecule has 0 bridgehead atoms. The minimum atomic E-state index is -0.300. The Bertz CT molecular complexity index is 1420. The van der Waals surface area contributed by atoms with Gasteiger partial charge in [-0.2, -0.15) is 5.26 Å². The molecule has 4 heterocycles. The minimum absolute atomic E-state index is 0.0108. The van der Waals surface area contributed by atoms with Crippen LogP contribution in [0.2, 0.25) is 0 Å². The lowest BCUT2D eigenvalue weighted by Crippen LogP contribution is -2.48. The Labute approximate surface area is 229 Å². The fraction of sp³-hybridized carbons (Fsp3) is 0.467. The number of nitrogens with zero attached hydrogens (tertiary/aromatic N) is 6. The second kappa shape index (κ2) is 12.3. The molecular formula is C30H37N7O2. The first-order valence-electron chi connectivity index (χ1n) is 14.0. The highest BCUT2D eigenvalue weighted by molar-refractivity contribution is 5.45. The van der Waals surface area contributed by atoms with E-state index >= 15 is 0 Å². The number of hydrogen-bond donors (Lipinski definition) is 1. The van der Waals surface area contributed by atoms with Crippen LogP contribution in [0.4, 0.5) is 11.5 Å². The number of hydrogen-bond acceptors (Lipinski definition) is 7. The van der Waals surface area contributed by atoms with Crippen LogP contribution in [0.1, 0.15) is 49.7 Å². The zero-order chi connectivity index (χ0) is 27.2. The van der Waals surface area contributed by atoms with E-state index in [1.807, 2.05) is 24.5 Å². The normalized spacial score (nSPS) is 18.2. The average molecular weight is 528 g/mol. The van der Waals surface area contributed by atoms with E-state index in [0.29, 0.717) is 36.9 Å². The van der Waals surface area contributed by atoms with Crippen LogP contribution in [0.3, 0.4) is 0 Å². The molecule has 5 rings (SSSR count). The second-order valence-electron chi connectivity index (χ2n) is 10.8. The monoisotopic (exact) mass is 527 g/mol. The molecule has 0 saturated carbocycles. The summed E-state index contributed by atoms with van der Waals surface area (Å²) in [4.78, 5) is 35.5. The summed E-state index contributed by atoms with van der Waals surface area (Å²) < 4.78 is 3.07. The van der Waals surface area contributed by atoms with E-state index < -0.39 is 0 Å². The van der Waals surface area contributed by atoms with Gasteiger partial charge in [-0.3, -0.25) is 18.9 Å². The lowest BCUT2D eigenvalue weighted by atomic mass is 9.92. The van der Waals surface area contributed by atoms with Crippen LogP contribution in [-0.4, -0.2) is 46.3 Å². The summed E-state index contributed by atoms with van der Waals surface area (Å²) >= 11 is 0. The van der Waals surface area contributed by atoms with Crippen molar-refractivity contribution in [2.75, 3.05) is 36.0 Å². The van der Waals surface area contributed by atoms with Crippen molar-refractivity contribution in [3.05, 3.63) is 86.8 Å². The van der Waals surface area contributed by atoms with Gasteiger partial charge < -0.3 is 15.5 Å². The van der Waals surface area contributed by atoms with Crippen LogP contribution >= 0.6 is 0 Å². The average Bonchev–Trinajstić information content (AvgIpc) is 2.97. The van der Waals surface area contributed by atoms with Crippen LogP contribution in [0.25, 0.3) is 0 Å². The molecule has 1 unspecified atom stereocenters. The Hall–Kier alpha value is -3.90. The standard InChI is InChI=1S/C30H37N7O2/c31-20-24-4-1-5-25(18-24)21-37-28(35-14-3-7-26(32)22-35)19-29(38)36(30(37)39)15-2-6-23-10-16-34(17-11-23)27-8-12-33-13-9-27/h1,4-5,8-9,12-13,18-19,23,26H,2-3,6-7,10-11,14-17,21-22,32H2. The van der Waals surface area contributed by atoms with Crippen LogP contribution in [0.5, 0.6) is 0 Å². The zero-order valence-corrected chi connectivity index (χ0v) is 22.4. The highest BCUT2D eigenvalue weighted by Crippen LogP contribution is 2.26. The molecule has 204 valence electrons. The summed E-state index contributed by atoms with van der Waals surface area (Å²) in [5.74, 6) is 1.20. The van der Waals surface area contributed by atoms with Gasteiger partial charge in [0.25, 0.3) is 5.56 Å². The number of benzene rings is 1. The third-order valence-electron chi connectivity index (χ3n) is 8.07. The molecule has 2 N–H and O–H groups in total. The summed E-state index contributed by atoms with van der Waals surface area (Å²) in [7, 11) is 0. The maximum Gasteiger partial charge on any atom is 0.332 e. The summed E-state index contributed by atoms with van der Waals surface area (Å²) in [6.07, 6.45) is 9.49. The predicted octanol–water partition coefficient (Wildman–Crippen LogP) is 2.95. The molecular weight excluding hydrogens is 490 g/mol. The molecule has 2 aromatic heterocycles. The van der Waals surface area contributed by atoms with Gasteiger partial charge in [0.2, 0.25) is 0 Å². The van der Waals surface area contributed by atoms with E-state index in [0.717, 1.165) is 63.7 Å². The number of anilines is 2. The second-order valence-corrected chi connectivity index (χ2v) is 10.8. The summed E-state index contributed by atoms with van der Waals surface area (Å²) in [6.45, 7) is 4.08. The number of piperidine rings is 2. The lowest BCUT2D eigenvalue weighted by molar-refractivity contribution is 0.360. The van der Waals surface area contributed by atoms with Crippen molar-refractivity contribution < 1.29 is 0 Å². The van der Waals surface area contributed by atoms with Gasteiger partial charge >= 0.3 is 5.69 Å². The Morgan fingerprint density at radius 1 is 0.974 bits per heavy atom. The molecule has 2 aliphatic heterocycles. The number of aromatic nitrogens is 3. The summed E-state index contributed by atoms with van der Waals surface area (Å²) in [5.41, 5.74) is 8.28. The third kappa shape index (κ3) is 6.40. The predicted molar refractivity (Wildman–Crippen MR) is 153 cm³/mol. The number of nitrogens with two attached hydrogens (primary N) is 1. The van der Waals surface area contributed by atoms with Crippen LogP contribution < -0.4 is 26.8 Å². The fourth-order valence-corrected chi connectivity index (χ4v) is 5.93. The van der Waals surface area contributed by atoms with Crippen molar-refractivity contribution in [2.24, 2.45) is 11.7 Å². The number of rotatable bonds is 8. The van der Waals surface area contributed by atoms with E-state index in [4.69, 9.17) is 5.73 Å². The zero-order valence-electron chi connectivity index (χ0n) is 22.4. The van der Waals surface area contributed by atoms with E-state index in [1.54, 1.807) is 22.8 Å². The minimum Gasteiger partial charge on any atom is -0.371 e. The SMILES string of the molecule is N#Cc1cccc(Cn2c(N3CCCC(N)C3)cc(=O)n(CCCC3CCN(c4ccncc4)CC3)c2=O)c1. The van der Waals surface area contributed by atoms with Crippen molar-refractivity contribution in [1.29, 1.82) is 5.26 Å². The van der Waals surface area contributed by atoms with E-state index in [1.165, 1.54) is 10.3 Å². The van der Waals surface area contributed by atoms with Gasteiger partial charge in [0.1, 0.15) is 5.82 Å². The van der Waals surface area contributed by atoms with Gasteiger partial charge in [0, 0.05) is 62.9 Å². The topological polar surface area (TPSA) is 113 Å². The molecule has 1 aromatic carbocycles. The molecule has 0 aliphatic carbocycles. The maximum atomic E-state index is 13.8. The molecule has 9 nitrogen and oxygen atoms in total. The Morgan fingerprint density at radius 2 is 1.77 bits per heavy atom. The number of nitriles is 1. The summed E-state index contributed by atoms with van der Waals surface area (Å²) in [5, 5.41) is 9.34. The molecule has 2 saturated heterocycles. The van der Waals surface area contributed by atoms with E-state index in [-0.39, 0.29) is 17.3 Å². The highest BCUT2D eigenvalue weighted by atomic mass is 16.2. The quantitative estimate of drug-likeness (QED) is 0.479. The fourth-order valence-electron chi connectivity index (χ4n) is 5.93.